The average Bonchev–Trinajstić information content (AvgIpc) is 2.35. The van der Waals surface area contributed by atoms with Crippen LogP contribution in [0.4, 0.5) is 4.79 Å². The van der Waals surface area contributed by atoms with E-state index in [1.807, 2.05) is 6.92 Å². The number of carbonyl (C=O) groups excluding carboxylic acids is 2. The van der Waals surface area contributed by atoms with Gasteiger partial charge in [0.2, 0.25) is 5.54 Å². The number of hydrogen-bond acceptors (Lipinski definition) is 5. The highest BCUT2D eigenvalue weighted by Gasteiger charge is 2.48. The van der Waals surface area contributed by atoms with E-state index in [-0.39, 0.29) is 13.0 Å². The Balaban J connectivity index is 4.74. The van der Waals surface area contributed by atoms with Crippen molar-refractivity contribution in [1.29, 1.82) is 0 Å². The van der Waals surface area contributed by atoms with Gasteiger partial charge >= 0.3 is 18.0 Å². The number of hydrogen-bond donors (Lipinski definition) is 2. The molecule has 0 radical (unpaired) electrons. The van der Waals surface area contributed by atoms with Gasteiger partial charge in [0.05, 0.1) is 13.7 Å². The zero-order chi connectivity index (χ0) is 14.2. The van der Waals surface area contributed by atoms with Gasteiger partial charge in [-0.05, 0) is 12.8 Å². The first-order valence-corrected chi connectivity index (χ1v) is 5.71. The molecule has 0 fully saturated rings. The highest BCUT2D eigenvalue weighted by Crippen LogP contribution is 2.13. The minimum atomic E-state index is -2.10. The normalized spacial score (nSPS) is 13.3. The minimum Gasteiger partial charge on any atom is -0.479 e. The molecule has 0 saturated carbocycles. The number of ether oxygens (including phenoxy) is 2. The van der Waals surface area contributed by atoms with Crippen molar-refractivity contribution in [1.82, 2.24) is 5.32 Å². The van der Waals surface area contributed by atoms with Crippen LogP contribution in [0, 0.1) is 0 Å². The number of esters is 1. The first-order valence-electron chi connectivity index (χ1n) is 5.71. The fourth-order valence-electron chi connectivity index (χ4n) is 1.27. The lowest BCUT2D eigenvalue weighted by Gasteiger charge is -2.25. The summed E-state index contributed by atoms with van der Waals surface area (Å²) >= 11 is 0. The zero-order valence-corrected chi connectivity index (χ0v) is 10.8. The summed E-state index contributed by atoms with van der Waals surface area (Å²) in [7, 11) is 1.06. The molecule has 0 aliphatic carbocycles. The smallest absolute Gasteiger partial charge is 0.408 e. The second-order valence-electron chi connectivity index (χ2n) is 3.67. The maximum Gasteiger partial charge on any atom is 0.408 e. The van der Waals surface area contributed by atoms with Crippen LogP contribution in [0.2, 0.25) is 0 Å². The van der Waals surface area contributed by atoms with Gasteiger partial charge in [-0.1, -0.05) is 20.3 Å². The van der Waals surface area contributed by atoms with E-state index in [1.165, 1.54) is 6.92 Å². The molecule has 0 spiro atoms. The highest BCUT2D eigenvalue weighted by atomic mass is 16.6. The van der Waals surface area contributed by atoms with Crippen LogP contribution in [0.1, 0.15) is 33.1 Å². The quantitative estimate of drug-likeness (QED) is 0.401. The molecule has 2 N–H and O–H groups in total. The molecule has 0 rings (SSSR count). The van der Waals surface area contributed by atoms with Gasteiger partial charge in [-0.25, -0.2) is 14.4 Å². The molecule has 0 saturated heterocycles. The van der Waals surface area contributed by atoms with Gasteiger partial charge in [-0.15, -0.1) is 0 Å². The monoisotopic (exact) mass is 261 g/mol. The third-order valence-corrected chi connectivity index (χ3v) is 2.48. The van der Waals surface area contributed by atoms with E-state index in [4.69, 9.17) is 9.84 Å². The molecule has 0 aromatic rings. The summed E-state index contributed by atoms with van der Waals surface area (Å²) in [5.41, 5.74) is -2.10. The Hall–Kier alpha value is -1.79. The molecule has 18 heavy (non-hydrogen) atoms. The molecule has 1 amide bonds. The van der Waals surface area contributed by atoms with E-state index >= 15 is 0 Å². The second-order valence-corrected chi connectivity index (χ2v) is 3.67. The number of aliphatic carboxylic acids is 1. The largest absolute Gasteiger partial charge is 0.479 e. The van der Waals surface area contributed by atoms with Crippen LogP contribution in [-0.4, -0.2) is 42.4 Å². The molecule has 0 heterocycles. The Morgan fingerprint density at radius 1 is 1.28 bits per heavy atom. The Kier molecular flexibility index (Phi) is 6.77. The van der Waals surface area contributed by atoms with Crippen molar-refractivity contribution in [2.45, 2.75) is 38.6 Å². The number of rotatable bonds is 7. The zero-order valence-electron chi connectivity index (χ0n) is 10.8. The first-order chi connectivity index (χ1) is 8.44. The van der Waals surface area contributed by atoms with Crippen LogP contribution >= 0.6 is 0 Å². The number of nitrogens with one attached hydrogen (secondary N) is 1. The number of carbonyl (C=O) groups is 3. The van der Waals surface area contributed by atoms with Crippen LogP contribution in [0.3, 0.4) is 0 Å². The standard InChI is InChI=1S/C11H19NO6/c1-4-6-7-18-10(16)12-11(5-2,8(13)14)9(15)17-3/h4-7H2,1-3H3,(H,12,16)(H,13,14). The molecule has 104 valence electrons. The van der Waals surface area contributed by atoms with Crippen molar-refractivity contribution >= 4 is 18.0 Å². The van der Waals surface area contributed by atoms with E-state index in [9.17, 15) is 14.4 Å². The fourth-order valence-corrected chi connectivity index (χ4v) is 1.27. The van der Waals surface area contributed by atoms with Crippen molar-refractivity contribution in [2.24, 2.45) is 0 Å². The van der Waals surface area contributed by atoms with E-state index in [0.717, 1.165) is 13.5 Å². The lowest BCUT2D eigenvalue weighted by atomic mass is 9.97. The Morgan fingerprint density at radius 2 is 1.89 bits per heavy atom. The third-order valence-electron chi connectivity index (χ3n) is 2.48. The summed E-state index contributed by atoms with van der Waals surface area (Å²) < 4.78 is 9.17. The summed E-state index contributed by atoms with van der Waals surface area (Å²) in [5, 5.41) is 11.1. The van der Waals surface area contributed by atoms with Gasteiger partial charge in [-0.2, -0.15) is 0 Å². The number of amides is 1. The number of unbranched alkanes of at least 4 members (excludes halogenated alkanes) is 1. The Bertz CT molecular complexity index is 317. The number of alkyl carbamates (subject to hydrolysis) is 1. The van der Waals surface area contributed by atoms with Gasteiger partial charge in [0.1, 0.15) is 0 Å². The summed E-state index contributed by atoms with van der Waals surface area (Å²) in [5.74, 6) is -2.52. The number of carboxylic acid groups (broad SMARTS) is 1. The van der Waals surface area contributed by atoms with E-state index in [0.29, 0.717) is 6.42 Å². The van der Waals surface area contributed by atoms with Gasteiger partial charge in [0.15, 0.2) is 0 Å². The summed E-state index contributed by atoms with van der Waals surface area (Å²) in [4.78, 5) is 34.1. The fraction of sp³-hybridized carbons (Fsp3) is 0.727. The topological polar surface area (TPSA) is 102 Å². The van der Waals surface area contributed by atoms with Gasteiger partial charge in [0.25, 0.3) is 0 Å². The predicted molar refractivity (Wildman–Crippen MR) is 62.1 cm³/mol. The van der Waals surface area contributed by atoms with Crippen molar-refractivity contribution in [3.8, 4) is 0 Å². The van der Waals surface area contributed by atoms with Gasteiger partial charge < -0.3 is 14.6 Å². The molecule has 1 unspecified atom stereocenters. The lowest BCUT2D eigenvalue weighted by molar-refractivity contribution is -0.161. The van der Waals surface area contributed by atoms with E-state index in [2.05, 4.69) is 10.1 Å². The molecule has 1 atom stereocenters. The molecule has 0 aromatic heterocycles. The average molecular weight is 261 g/mol. The third kappa shape index (κ3) is 3.90. The van der Waals surface area contributed by atoms with Crippen LogP contribution in [0.5, 0.6) is 0 Å². The van der Waals surface area contributed by atoms with E-state index < -0.39 is 23.6 Å². The molecule has 7 heteroatoms. The molecular weight excluding hydrogens is 242 g/mol. The maximum atomic E-state index is 11.5. The van der Waals surface area contributed by atoms with Crippen molar-refractivity contribution in [3.05, 3.63) is 0 Å². The van der Waals surface area contributed by atoms with Crippen molar-refractivity contribution in [3.63, 3.8) is 0 Å². The van der Waals surface area contributed by atoms with Crippen LogP contribution in [0.15, 0.2) is 0 Å². The molecule has 0 aromatic carbocycles. The Morgan fingerprint density at radius 3 is 2.28 bits per heavy atom. The summed E-state index contributed by atoms with van der Waals surface area (Å²) in [6, 6.07) is 0. The summed E-state index contributed by atoms with van der Waals surface area (Å²) in [6.45, 7) is 3.55. The number of carboxylic acids is 1. The van der Waals surface area contributed by atoms with Crippen molar-refractivity contribution in [2.75, 3.05) is 13.7 Å². The molecule has 0 aliphatic rings. The summed E-state index contributed by atoms with van der Waals surface area (Å²) in [6.07, 6.45) is 0.413. The molecule has 7 nitrogen and oxygen atoms in total. The van der Waals surface area contributed by atoms with Gasteiger partial charge in [-0.3, -0.25) is 5.32 Å². The highest BCUT2D eigenvalue weighted by molar-refractivity contribution is 6.06. The van der Waals surface area contributed by atoms with Crippen LogP contribution in [-0.2, 0) is 19.1 Å². The first kappa shape index (κ1) is 16.2. The van der Waals surface area contributed by atoms with Crippen molar-refractivity contribution < 1.29 is 29.0 Å². The van der Waals surface area contributed by atoms with E-state index in [1.54, 1.807) is 0 Å². The molecule has 0 aliphatic heterocycles. The molecule has 0 bridgehead atoms. The second kappa shape index (κ2) is 7.52. The van der Waals surface area contributed by atoms with Crippen LogP contribution in [0.25, 0.3) is 0 Å². The number of methoxy groups -OCH3 is 1. The Labute approximate surface area is 105 Å². The van der Waals surface area contributed by atoms with Crippen LogP contribution < -0.4 is 5.32 Å². The lowest BCUT2D eigenvalue weighted by Crippen LogP contribution is -2.60. The minimum absolute atomic E-state index is 0.141. The SMILES string of the molecule is CCCCOC(=O)NC(CC)(C(=O)O)C(=O)OC. The predicted octanol–water partition coefficient (Wildman–Crippen LogP) is 0.919. The van der Waals surface area contributed by atoms with Gasteiger partial charge in [0, 0.05) is 0 Å². The maximum absolute atomic E-state index is 11.5. The molecular formula is C11H19NO6.